The van der Waals surface area contributed by atoms with E-state index in [-0.39, 0.29) is 17.9 Å². The van der Waals surface area contributed by atoms with Crippen molar-refractivity contribution in [2.24, 2.45) is 5.92 Å². The quantitative estimate of drug-likeness (QED) is 0.556. The predicted octanol–water partition coefficient (Wildman–Crippen LogP) is 0.416. The second-order valence-corrected chi connectivity index (χ2v) is 3.55. The minimum Gasteiger partial charge on any atom is -0.467 e. The Bertz CT molecular complexity index is 227. The standard InChI is InChI=1S/C9H15NO3/c1-6-4-8(9(12)13-3)10(5-6)7(2)11/h6,8H,4-5H2,1-3H3/t6-,8-/m0/s1. The molecule has 4 nitrogen and oxygen atoms in total. The Labute approximate surface area is 77.8 Å². The number of hydrogen-bond acceptors (Lipinski definition) is 3. The summed E-state index contributed by atoms with van der Waals surface area (Å²) < 4.78 is 4.63. The third-order valence-electron chi connectivity index (χ3n) is 2.39. The van der Waals surface area contributed by atoms with Crippen molar-refractivity contribution in [2.45, 2.75) is 26.3 Å². The zero-order valence-corrected chi connectivity index (χ0v) is 8.24. The lowest BCUT2D eigenvalue weighted by atomic mass is 10.1. The van der Waals surface area contributed by atoms with Crippen molar-refractivity contribution in [1.29, 1.82) is 0 Å². The van der Waals surface area contributed by atoms with Crippen LogP contribution in [0.25, 0.3) is 0 Å². The van der Waals surface area contributed by atoms with Crippen LogP contribution in [0.15, 0.2) is 0 Å². The molecule has 0 spiro atoms. The molecule has 1 saturated heterocycles. The molecule has 1 heterocycles. The van der Waals surface area contributed by atoms with Gasteiger partial charge < -0.3 is 9.64 Å². The number of hydrogen-bond donors (Lipinski definition) is 0. The Morgan fingerprint density at radius 3 is 2.54 bits per heavy atom. The van der Waals surface area contributed by atoms with E-state index in [9.17, 15) is 9.59 Å². The van der Waals surface area contributed by atoms with Gasteiger partial charge in [-0.3, -0.25) is 4.79 Å². The maximum absolute atomic E-state index is 11.3. The molecule has 1 aliphatic heterocycles. The highest BCUT2D eigenvalue weighted by Crippen LogP contribution is 2.23. The number of likely N-dealkylation sites (tertiary alicyclic amines) is 1. The van der Waals surface area contributed by atoms with Crippen molar-refractivity contribution in [3.8, 4) is 0 Å². The first-order chi connectivity index (χ1) is 6.06. The van der Waals surface area contributed by atoms with Crippen molar-refractivity contribution in [1.82, 2.24) is 4.90 Å². The molecule has 13 heavy (non-hydrogen) atoms. The van der Waals surface area contributed by atoms with Crippen LogP contribution in [-0.2, 0) is 14.3 Å². The van der Waals surface area contributed by atoms with E-state index in [1.807, 2.05) is 6.92 Å². The topological polar surface area (TPSA) is 46.6 Å². The SMILES string of the molecule is COC(=O)[C@@H]1C[C@H](C)CN1C(C)=O. The molecule has 0 radical (unpaired) electrons. The third-order valence-corrected chi connectivity index (χ3v) is 2.39. The van der Waals surface area contributed by atoms with Crippen LogP contribution in [0, 0.1) is 5.92 Å². The van der Waals surface area contributed by atoms with Crippen molar-refractivity contribution < 1.29 is 14.3 Å². The molecule has 0 N–H and O–H groups in total. The number of nitrogens with zero attached hydrogens (tertiary/aromatic N) is 1. The highest BCUT2D eigenvalue weighted by Gasteiger charge is 2.36. The summed E-state index contributed by atoms with van der Waals surface area (Å²) in [6.45, 7) is 4.17. The van der Waals surface area contributed by atoms with E-state index in [4.69, 9.17) is 0 Å². The van der Waals surface area contributed by atoms with E-state index in [1.165, 1.54) is 14.0 Å². The van der Waals surface area contributed by atoms with E-state index in [1.54, 1.807) is 4.90 Å². The molecule has 4 heteroatoms. The summed E-state index contributed by atoms with van der Waals surface area (Å²) in [4.78, 5) is 24.0. The average Bonchev–Trinajstić information content (AvgIpc) is 2.46. The molecule has 0 bridgehead atoms. The highest BCUT2D eigenvalue weighted by molar-refractivity contribution is 5.83. The van der Waals surface area contributed by atoms with Gasteiger partial charge in [-0.25, -0.2) is 4.79 Å². The van der Waals surface area contributed by atoms with Crippen LogP contribution in [0.5, 0.6) is 0 Å². The van der Waals surface area contributed by atoms with Crippen LogP contribution in [0.4, 0.5) is 0 Å². The van der Waals surface area contributed by atoms with E-state index in [0.29, 0.717) is 18.9 Å². The van der Waals surface area contributed by atoms with Gasteiger partial charge in [0.15, 0.2) is 0 Å². The van der Waals surface area contributed by atoms with Gasteiger partial charge in [0.1, 0.15) is 6.04 Å². The van der Waals surface area contributed by atoms with Gasteiger partial charge in [0, 0.05) is 13.5 Å². The molecule has 0 saturated carbocycles. The third kappa shape index (κ3) is 1.99. The molecule has 0 aliphatic carbocycles. The fourth-order valence-electron chi connectivity index (χ4n) is 1.75. The Hall–Kier alpha value is -1.06. The number of carbonyl (C=O) groups is 2. The van der Waals surface area contributed by atoms with E-state index in [0.717, 1.165) is 0 Å². The largest absolute Gasteiger partial charge is 0.467 e. The molecule has 1 fully saturated rings. The van der Waals surface area contributed by atoms with Crippen LogP contribution < -0.4 is 0 Å². The molecule has 1 amide bonds. The highest BCUT2D eigenvalue weighted by atomic mass is 16.5. The van der Waals surface area contributed by atoms with Gasteiger partial charge in [-0.2, -0.15) is 0 Å². The first-order valence-corrected chi connectivity index (χ1v) is 4.41. The first kappa shape index (κ1) is 10.0. The molecule has 1 aliphatic rings. The lowest BCUT2D eigenvalue weighted by molar-refractivity contribution is -0.150. The van der Waals surface area contributed by atoms with Gasteiger partial charge in [-0.1, -0.05) is 6.92 Å². The Morgan fingerprint density at radius 1 is 1.46 bits per heavy atom. The number of amides is 1. The van der Waals surface area contributed by atoms with Crippen molar-refractivity contribution in [3.63, 3.8) is 0 Å². The molecule has 0 unspecified atom stereocenters. The summed E-state index contributed by atoms with van der Waals surface area (Å²) in [5, 5.41) is 0. The van der Waals surface area contributed by atoms with Gasteiger partial charge in [-0.05, 0) is 12.3 Å². The van der Waals surface area contributed by atoms with E-state index >= 15 is 0 Å². The van der Waals surface area contributed by atoms with Crippen LogP contribution >= 0.6 is 0 Å². The predicted molar refractivity (Wildman–Crippen MR) is 47.0 cm³/mol. The minimum atomic E-state index is -0.363. The molecular formula is C9H15NO3. The normalized spacial score (nSPS) is 27.5. The fraction of sp³-hybridized carbons (Fsp3) is 0.778. The summed E-state index contributed by atoms with van der Waals surface area (Å²) in [5.41, 5.74) is 0. The first-order valence-electron chi connectivity index (χ1n) is 4.41. The lowest BCUT2D eigenvalue weighted by Crippen LogP contribution is -2.39. The molecule has 2 atom stereocenters. The van der Waals surface area contributed by atoms with Crippen LogP contribution in [0.3, 0.4) is 0 Å². The summed E-state index contributed by atoms with van der Waals surface area (Å²) in [7, 11) is 1.35. The Morgan fingerprint density at radius 2 is 2.08 bits per heavy atom. The zero-order valence-electron chi connectivity index (χ0n) is 8.24. The van der Waals surface area contributed by atoms with Crippen LogP contribution in [-0.4, -0.2) is 36.5 Å². The number of ether oxygens (including phenoxy) is 1. The van der Waals surface area contributed by atoms with Crippen LogP contribution in [0.2, 0.25) is 0 Å². The summed E-state index contributed by atoms with van der Waals surface area (Å²) >= 11 is 0. The number of carbonyl (C=O) groups excluding carboxylic acids is 2. The van der Waals surface area contributed by atoms with Gasteiger partial charge in [0.25, 0.3) is 0 Å². The zero-order chi connectivity index (χ0) is 10.0. The summed E-state index contributed by atoms with van der Waals surface area (Å²) in [6, 6.07) is -0.363. The molecule has 1 rings (SSSR count). The van der Waals surface area contributed by atoms with Crippen LogP contribution in [0.1, 0.15) is 20.3 Å². The lowest BCUT2D eigenvalue weighted by Gasteiger charge is -2.20. The molecule has 74 valence electrons. The van der Waals surface area contributed by atoms with E-state index in [2.05, 4.69) is 4.74 Å². The Balaban J connectivity index is 2.71. The number of methoxy groups -OCH3 is 1. The van der Waals surface area contributed by atoms with Crippen molar-refractivity contribution in [2.75, 3.05) is 13.7 Å². The smallest absolute Gasteiger partial charge is 0.328 e. The minimum absolute atomic E-state index is 0.0558. The van der Waals surface area contributed by atoms with Crippen molar-refractivity contribution >= 4 is 11.9 Å². The second kappa shape index (κ2) is 3.77. The molecule has 0 aromatic heterocycles. The Kier molecular flexibility index (Phi) is 2.90. The monoisotopic (exact) mass is 185 g/mol. The van der Waals surface area contributed by atoms with Gasteiger partial charge in [0.05, 0.1) is 7.11 Å². The van der Waals surface area contributed by atoms with Crippen molar-refractivity contribution in [3.05, 3.63) is 0 Å². The maximum Gasteiger partial charge on any atom is 0.328 e. The molecule has 0 aromatic rings. The summed E-state index contributed by atoms with van der Waals surface area (Å²) in [5.74, 6) is 0.0206. The summed E-state index contributed by atoms with van der Waals surface area (Å²) in [6.07, 6.45) is 0.715. The second-order valence-electron chi connectivity index (χ2n) is 3.55. The van der Waals surface area contributed by atoms with Gasteiger partial charge in [-0.15, -0.1) is 0 Å². The molecular weight excluding hydrogens is 170 g/mol. The number of esters is 1. The van der Waals surface area contributed by atoms with Gasteiger partial charge in [0.2, 0.25) is 5.91 Å². The fourth-order valence-corrected chi connectivity index (χ4v) is 1.75. The van der Waals surface area contributed by atoms with Gasteiger partial charge >= 0.3 is 5.97 Å². The molecule has 0 aromatic carbocycles. The number of rotatable bonds is 1. The van der Waals surface area contributed by atoms with E-state index < -0.39 is 0 Å². The maximum atomic E-state index is 11.3. The average molecular weight is 185 g/mol.